The van der Waals surface area contributed by atoms with Crippen LogP contribution >= 0.6 is 11.6 Å². The van der Waals surface area contributed by atoms with Gasteiger partial charge in [-0.05, 0) is 60.5 Å². The minimum atomic E-state index is -3.47. The van der Waals surface area contributed by atoms with Crippen LogP contribution in [0.5, 0.6) is 0 Å². The molecule has 0 aliphatic rings. The molecule has 0 bridgehead atoms. The van der Waals surface area contributed by atoms with Gasteiger partial charge in [-0.15, -0.1) is 0 Å². The van der Waals surface area contributed by atoms with Gasteiger partial charge in [-0.3, -0.25) is 9.59 Å². The molecule has 172 valence electrons. The minimum absolute atomic E-state index is 0.0164. The van der Waals surface area contributed by atoms with Gasteiger partial charge in [0.05, 0.1) is 15.6 Å². The normalized spacial score (nSPS) is 11.2. The first kappa shape index (κ1) is 24.3. The molecule has 3 aromatic rings. The van der Waals surface area contributed by atoms with Crippen molar-refractivity contribution in [1.29, 1.82) is 0 Å². The molecule has 6 nitrogen and oxygen atoms in total. The molecule has 0 saturated carbocycles. The molecule has 0 radical (unpaired) electrons. The number of sulfone groups is 1. The molecule has 0 aliphatic carbocycles. The fourth-order valence-electron chi connectivity index (χ4n) is 2.93. The van der Waals surface area contributed by atoms with Crippen molar-refractivity contribution < 1.29 is 26.8 Å². The van der Waals surface area contributed by atoms with Crippen molar-refractivity contribution in [3.8, 4) is 0 Å². The number of aryl methyl sites for hydroxylation is 1. The third-order valence-corrected chi connectivity index (χ3v) is 6.07. The highest BCUT2D eigenvalue weighted by Crippen LogP contribution is 2.26. The summed E-state index contributed by atoms with van der Waals surface area (Å²) in [5, 5.41) is 5.40. The maximum Gasteiger partial charge on any atom is 0.255 e. The predicted octanol–water partition coefficient (Wildman–Crippen LogP) is 4.85. The molecule has 0 unspecified atom stereocenters. The van der Waals surface area contributed by atoms with Crippen LogP contribution in [0.1, 0.15) is 22.3 Å². The molecule has 2 N–H and O–H groups in total. The van der Waals surface area contributed by atoms with Crippen LogP contribution in [0.2, 0.25) is 5.02 Å². The Morgan fingerprint density at radius 2 is 1.70 bits per heavy atom. The summed E-state index contributed by atoms with van der Waals surface area (Å²) in [6, 6.07) is 13.5. The number of hydrogen-bond acceptors (Lipinski definition) is 4. The highest BCUT2D eigenvalue weighted by Gasteiger charge is 2.14. The van der Waals surface area contributed by atoms with E-state index >= 15 is 0 Å². The summed E-state index contributed by atoms with van der Waals surface area (Å²) in [6.45, 7) is 0. The zero-order valence-corrected chi connectivity index (χ0v) is 18.9. The van der Waals surface area contributed by atoms with E-state index in [9.17, 15) is 26.8 Å². The van der Waals surface area contributed by atoms with Crippen LogP contribution in [0.25, 0.3) is 0 Å². The number of anilines is 2. The number of carbonyl (C=O) groups is 2. The number of amides is 2. The fourth-order valence-corrected chi connectivity index (χ4v) is 3.83. The topological polar surface area (TPSA) is 92.3 Å². The summed E-state index contributed by atoms with van der Waals surface area (Å²) >= 11 is 6.21. The zero-order valence-electron chi connectivity index (χ0n) is 17.4. The van der Waals surface area contributed by atoms with Crippen molar-refractivity contribution in [3.05, 3.63) is 88.4 Å². The molecule has 0 aromatic heterocycles. The SMILES string of the molecule is CS(=O)(=O)c1cccc(C(=O)Nc2ccc(NC(=O)CCc3ccc(F)c(F)c3)cc2Cl)c1. The number of carbonyl (C=O) groups excluding carboxylic acids is 2. The van der Waals surface area contributed by atoms with Gasteiger partial charge < -0.3 is 10.6 Å². The lowest BCUT2D eigenvalue weighted by atomic mass is 10.1. The van der Waals surface area contributed by atoms with Gasteiger partial charge in [-0.2, -0.15) is 0 Å². The number of benzene rings is 3. The van der Waals surface area contributed by atoms with E-state index in [0.29, 0.717) is 11.3 Å². The van der Waals surface area contributed by atoms with Crippen LogP contribution in [0.4, 0.5) is 20.2 Å². The number of nitrogens with one attached hydrogen (secondary N) is 2. The van der Waals surface area contributed by atoms with Gasteiger partial charge in [0.15, 0.2) is 21.5 Å². The van der Waals surface area contributed by atoms with Crippen molar-refractivity contribution >= 4 is 44.6 Å². The summed E-state index contributed by atoms with van der Waals surface area (Å²) < 4.78 is 49.6. The quantitative estimate of drug-likeness (QED) is 0.493. The average molecular weight is 493 g/mol. The molecule has 10 heteroatoms. The Hall–Kier alpha value is -3.30. The lowest BCUT2D eigenvalue weighted by Crippen LogP contribution is -2.14. The van der Waals surface area contributed by atoms with Crippen molar-refractivity contribution in [2.75, 3.05) is 16.9 Å². The fraction of sp³-hybridized carbons (Fsp3) is 0.130. The summed E-state index contributed by atoms with van der Waals surface area (Å²) in [4.78, 5) is 24.7. The molecule has 3 aromatic carbocycles. The molecule has 33 heavy (non-hydrogen) atoms. The van der Waals surface area contributed by atoms with E-state index in [-0.39, 0.29) is 39.9 Å². The molecular weight excluding hydrogens is 474 g/mol. The Morgan fingerprint density at radius 1 is 0.939 bits per heavy atom. The lowest BCUT2D eigenvalue weighted by molar-refractivity contribution is -0.116. The largest absolute Gasteiger partial charge is 0.326 e. The zero-order chi connectivity index (χ0) is 24.2. The first-order valence-electron chi connectivity index (χ1n) is 9.68. The second-order valence-corrected chi connectivity index (χ2v) is 9.67. The van der Waals surface area contributed by atoms with E-state index < -0.39 is 27.4 Å². The number of rotatable bonds is 7. The molecule has 0 heterocycles. The standard InChI is InChI=1S/C23H19ClF2N2O4S/c1-33(31,32)17-4-2-3-15(12-17)23(30)28-21-9-7-16(13-18(21)24)27-22(29)10-6-14-5-8-19(25)20(26)11-14/h2-5,7-9,11-13H,6,10H2,1H3,(H,27,29)(H,28,30). The van der Waals surface area contributed by atoms with Gasteiger partial charge in [0.2, 0.25) is 5.91 Å². The van der Waals surface area contributed by atoms with E-state index in [1.54, 1.807) is 0 Å². The Bertz CT molecular complexity index is 1330. The van der Waals surface area contributed by atoms with Crippen molar-refractivity contribution in [2.45, 2.75) is 17.7 Å². The Balaban J connectivity index is 1.62. The van der Waals surface area contributed by atoms with Gasteiger partial charge in [0.1, 0.15) is 0 Å². The Kier molecular flexibility index (Phi) is 7.45. The second-order valence-electron chi connectivity index (χ2n) is 7.25. The summed E-state index contributed by atoms with van der Waals surface area (Å²) in [5.41, 5.74) is 1.28. The molecular formula is C23H19ClF2N2O4S. The summed E-state index contributed by atoms with van der Waals surface area (Å²) in [5.74, 6) is -2.83. The van der Waals surface area contributed by atoms with Gasteiger partial charge in [0, 0.05) is 23.9 Å². The van der Waals surface area contributed by atoms with Crippen molar-refractivity contribution in [3.63, 3.8) is 0 Å². The molecule has 0 saturated heterocycles. The van der Waals surface area contributed by atoms with Crippen LogP contribution in [0, 0.1) is 11.6 Å². The molecule has 0 fully saturated rings. The molecule has 2 amide bonds. The number of hydrogen-bond donors (Lipinski definition) is 2. The van der Waals surface area contributed by atoms with E-state index in [0.717, 1.165) is 18.4 Å². The smallest absolute Gasteiger partial charge is 0.255 e. The first-order chi connectivity index (χ1) is 15.5. The van der Waals surface area contributed by atoms with Crippen LogP contribution in [0.15, 0.2) is 65.6 Å². The van der Waals surface area contributed by atoms with Crippen LogP contribution in [-0.2, 0) is 21.1 Å². The van der Waals surface area contributed by atoms with Crippen molar-refractivity contribution in [1.82, 2.24) is 0 Å². The second kappa shape index (κ2) is 10.1. The third kappa shape index (κ3) is 6.59. The first-order valence-corrected chi connectivity index (χ1v) is 11.9. The van der Waals surface area contributed by atoms with Gasteiger partial charge in [-0.25, -0.2) is 17.2 Å². The van der Waals surface area contributed by atoms with E-state index in [1.807, 2.05) is 0 Å². The maximum absolute atomic E-state index is 13.3. The number of halogens is 3. The van der Waals surface area contributed by atoms with Crippen LogP contribution < -0.4 is 10.6 Å². The molecule has 0 atom stereocenters. The minimum Gasteiger partial charge on any atom is -0.326 e. The van der Waals surface area contributed by atoms with Gasteiger partial charge in [0.25, 0.3) is 5.91 Å². The Labute approximate surface area is 194 Å². The van der Waals surface area contributed by atoms with Crippen LogP contribution in [0.3, 0.4) is 0 Å². The summed E-state index contributed by atoms with van der Waals surface area (Å²) in [7, 11) is -3.47. The summed E-state index contributed by atoms with van der Waals surface area (Å²) in [6.07, 6.45) is 1.31. The highest BCUT2D eigenvalue weighted by atomic mass is 35.5. The van der Waals surface area contributed by atoms with Gasteiger partial charge in [-0.1, -0.05) is 23.7 Å². The predicted molar refractivity (Wildman–Crippen MR) is 122 cm³/mol. The molecule has 0 spiro atoms. The van der Waals surface area contributed by atoms with E-state index in [1.165, 1.54) is 48.5 Å². The average Bonchev–Trinajstić information content (AvgIpc) is 2.76. The molecule has 0 aliphatic heterocycles. The van der Waals surface area contributed by atoms with E-state index in [4.69, 9.17) is 11.6 Å². The maximum atomic E-state index is 13.3. The van der Waals surface area contributed by atoms with Gasteiger partial charge >= 0.3 is 0 Å². The molecule has 3 rings (SSSR count). The van der Waals surface area contributed by atoms with E-state index in [2.05, 4.69) is 10.6 Å². The van der Waals surface area contributed by atoms with Crippen molar-refractivity contribution in [2.24, 2.45) is 0 Å². The third-order valence-electron chi connectivity index (χ3n) is 4.65. The van der Waals surface area contributed by atoms with Crippen LogP contribution in [-0.4, -0.2) is 26.5 Å². The monoisotopic (exact) mass is 492 g/mol. The lowest BCUT2D eigenvalue weighted by Gasteiger charge is -2.11. The highest BCUT2D eigenvalue weighted by molar-refractivity contribution is 7.90. The Morgan fingerprint density at radius 3 is 2.36 bits per heavy atom.